The number of phenols is 3. The van der Waals surface area contributed by atoms with Gasteiger partial charge in [0, 0.05) is 40.5 Å². The van der Waals surface area contributed by atoms with Crippen LogP contribution in [0.25, 0.3) is 0 Å². The fourth-order valence-corrected chi connectivity index (χ4v) is 10.7. The molecular formula is C47H42Cl4F3N3O14S3. The van der Waals surface area contributed by atoms with Gasteiger partial charge in [-0.25, -0.2) is 48.0 Å². The Morgan fingerprint density at radius 1 is 0.554 bits per heavy atom. The number of amides is 1. The Labute approximate surface area is 441 Å². The number of phenolic OH excluding ortho intramolecular Hbond substituents is 3. The molecule has 27 heteroatoms. The Morgan fingerprint density at radius 3 is 1.20 bits per heavy atom. The lowest BCUT2D eigenvalue weighted by Gasteiger charge is -2.31. The second-order valence-electron chi connectivity index (χ2n) is 15.4. The molecule has 0 unspecified atom stereocenters. The second-order valence-corrected chi connectivity index (χ2v) is 23.1. The number of anilines is 1. The molecular weight excluding hydrogens is 1130 g/mol. The third-order valence-electron chi connectivity index (χ3n) is 10.1. The van der Waals surface area contributed by atoms with Gasteiger partial charge in [-0.1, -0.05) is 83.3 Å². The van der Waals surface area contributed by atoms with Crippen LogP contribution in [-0.2, 0) is 40.2 Å². The minimum Gasteiger partial charge on any atom is -0.505 e. The molecule has 17 nitrogen and oxygen atoms in total. The highest BCUT2D eigenvalue weighted by Gasteiger charge is 2.29. The van der Waals surface area contributed by atoms with E-state index < -0.39 is 111 Å². The number of nitrogens with one attached hydrogen (secondary N) is 1. The number of hydrogen-bond donors (Lipinski definition) is 7. The van der Waals surface area contributed by atoms with Crippen LogP contribution in [-0.4, -0.2) is 99.7 Å². The summed E-state index contributed by atoms with van der Waals surface area (Å²) in [5.74, 6) is -8.41. The van der Waals surface area contributed by atoms with Crippen molar-refractivity contribution >= 4 is 97.7 Å². The number of rotatable bonds is 10. The molecule has 6 aromatic carbocycles. The molecule has 0 atom stereocenters. The predicted molar refractivity (Wildman–Crippen MR) is 270 cm³/mol. The number of nitrogens with two attached hydrogens (primary N) is 1. The summed E-state index contributed by atoms with van der Waals surface area (Å²) in [7, 11) is -7.55. The molecule has 2 saturated heterocycles. The lowest BCUT2D eigenvalue weighted by atomic mass is 10.1. The van der Waals surface area contributed by atoms with Crippen molar-refractivity contribution in [1.82, 2.24) is 10.2 Å². The predicted octanol–water partition coefficient (Wildman–Crippen LogP) is 8.92. The number of aromatic carboxylic acids is 2. The maximum absolute atomic E-state index is 13.8. The van der Waals surface area contributed by atoms with E-state index in [1.807, 2.05) is 0 Å². The van der Waals surface area contributed by atoms with Crippen molar-refractivity contribution < 1.29 is 78.3 Å². The average molecular weight is 1170 g/mol. The molecule has 0 saturated carbocycles. The largest absolute Gasteiger partial charge is 0.505 e. The first kappa shape index (κ1) is 60.2. The van der Waals surface area contributed by atoms with Gasteiger partial charge in [0.05, 0.1) is 43.4 Å². The third kappa shape index (κ3) is 16.6. The number of carbonyl (C=O) groups is 3. The van der Waals surface area contributed by atoms with Gasteiger partial charge in [0.25, 0.3) is 15.0 Å². The monoisotopic (exact) mass is 1170 g/mol. The minimum atomic E-state index is -4.24. The molecule has 2 aliphatic heterocycles. The van der Waals surface area contributed by atoms with Crippen LogP contribution in [0.1, 0.15) is 55.0 Å². The number of carboxylic acid groups (broad SMARTS) is 2. The van der Waals surface area contributed by atoms with Crippen molar-refractivity contribution in [3.05, 3.63) is 170 Å². The van der Waals surface area contributed by atoms with Crippen molar-refractivity contribution in [3.63, 3.8) is 0 Å². The van der Waals surface area contributed by atoms with Crippen LogP contribution in [0, 0.1) is 17.5 Å². The molecule has 8 N–H and O–H groups in total. The molecule has 0 radical (unpaired) electrons. The van der Waals surface area contributed by atoms with E-state index in [-0.39, 0.29) is 44.7 Å². The number of hydrogen-bond acceptors (Lipinski definition) is 14. The van der Waals surface area contributed by atoms with E-state index in [2.05, 4.69) is 5.32 Å². The van der Waals surface area contributed by atoms with E-state index in [0.29, 0.717) is 13.1 Å². The number of benzene rings is 6. The summed E-state index contributed by atoms with van der Waals surface area (Å²) in [5.41, 5.74) is 4.52. The zero-order valence-electron chi connectivity index (χ0n) is 37.9. The van der Waals surface area contributed by atoms with Gasteiger partial charge in [-0.15, -0.1) is 0 Å². The van der Waals surface area contributed by atoms with E-state index in [1.54, 1.807) is 17.0 Å². The van der Waals surface area contributed by atoms with Crippen LogP contribution in [0.3, 0.4) is 0 Å². The zero-order chi connectivity index (χ0) is 55.3. The fraction of sp³-hybridized carbons (Fsp3) is 0.170. The molecule has 396 valence electrons. The van der Waals surface area contributed by atoms with Gasteiger partial charge in [0.15, 0.2) is 36.9 Å². The number of nitrogens with zero attached hydrogens (tertiary/aromatic N) is 1. The van der Waals surface area contributed by atoms with Gasteiger partial charge < -0.3 is 41.5 Å². The molecule has 2 aliphatic rings. The third-order valence-corrected chi connectivity index (χ3v) is 15.7. The normalized spacial score (nSPS) is 12.8. The first-order valence-corrected chi connectivity index (χ1v) is 27.7. The van der Waals surface area contributed by atoms with E-state index in [4.69, 9.17) is 61.4 Å². The quantitative estimate of drug-likeness (QED) is 0.0497. The molecule has 2 heterocycles. The summed E-state index contributed by atoms with van der Waals surface area (Å²) in [6.45, 7) is 3.68. The molecule has 74 heavy (non-hydrogen) atoms. The van der Waals surface area contributed by atoms with Gasteiger partial charge >= 0.3 is 11.9 Å². The summed E-state index contributed by atoms with van der Waals surface area (Å²) in [4.78, 5) is 33.5. The van der Waals surface area contributed by atoms with Gasteiger partial charge in [-0.3, -0.25) is 4.79 Å². The summed E-state index contributed by atoms with van der Waals surface area (Å²) in [6, 6.07) is 22.6. The topological polar surface area (TPSA) is 296 Å². The van der Waals surface area contributed by atoms with Crippen LogP contribution >= 0.6 is 45.5 Å². The van der Waals surface area contributed by atoms with Crippen molar-refractivity contribution in [2.75, 3.05) is 31.9 Å². The van der Waals surface area contributed by atoms with Crippen LogP contribution in [0.5, 0.6) is 17.2 Å². The van der Waals surface area contributed by atoms with Crippen molar-refractivity contribution in [3.8, 4) is 17.2 Å². The molecule has 0 bridgehead atoms. The fourth-order valence-electron chi connectivity index (χ4n) is 5.90. The first-order valence-electron chi connectivity index (χ1n) is 21.0. The second kappa shape index (κ2) is 26.3. The van der Waals surface area contributed by atoms with E-state index in [1.165, 1.54) is 74.1 Å². The van der Waals surface area contributed by atoms with Crippen molar-refractivity contribution in [2.24, 2.45) is 0 Å². The first-order chi connectivity index (χ1) is 34.5. The van der Waals surface area contributed by atoms with Crippen LogP contribution in [0.4, 0.5) is 18.9 Å². The number of carbonyl (C=O) groups excluding carboxylic acids is 1. The summed E-state index contributed by atoms with van der Waals surface area (Å²) in [5, 5.41) is 48.7. The lowest BCUT2D eigenvalue weighted by Crippen LogP contribution is -2.42. The standard InChI is InChI=1S/C17H15ClFNO4S.C14H10ClFO5S.C7H4Cl2O5S.C6H6FN.C3H7N/c18-13-8-12(17(22)20-6-3-7-20)9-15(16(13)21)25(23,24)10-11-4-1-2-5-14(11)19;15-10-5-9(14(18)19)6-12(13(10)17)22(20,21)7-8-3-1-2-4-11(8)16;8-4-1-3(7(11)12)2-5(6(4)10)15(9,13)14;7-5-3-1-2-4-6(5)8;1-2-4-3-1/h1-2,4-5,8-9,21H,3,6-7,10H2;1-6,17H,7H2,(H,18,19);1-2,10H,(H,11,12);1-4H,8H2;4H,1-3H2. The Morgan fingerprint density at radius 2 is 0.892 bits per heavy atom. The number of halogens is 7. The number of aromatic hydroxyl groups is 3. The molecule has 1 amide bonds. The van der Waals surface area contributed by atoms with E-state index in [9.17, 15) is 68.1 Å². The summed E-state index contributed by atoms with van der Waals surface area (Å²) >= 11 is 17.0. The van der Waals surface area contributed by atoms with Crippen LogP contribution in [0.15, 0.2) is 124 Å². The van der Waals surface area contributed by atoms with Gasteiger partial charge in [-0.2, -0.15) is 0 Å². The molecule has 6 aromatic rings. The summed E-state index contributed by atoms with van der Waals surface area (Å²) in [6.07, 6.45) is 2.27. The minimum absolute atomic E-state index is 0.0301. The van der Waals surface area contributed by atoms with Crippen LogP contribution in [0.2, 0.25) is 15.1 Å². The van der Waals surface area contributed by atoms with E-state index in [0.717, 1.165) is 48.9 Å². The summed E-state index contributed by atoms with van der Waals surface area (Å²) < 4.78 is 111. The van der Waals surface area contributed by atoms with Crippen molar-refractivity contribution in [2.45, 2.75) is 39.0 Å². The van der Waals surface area contributed by atoms with Crippen molar-refractivity contribution in [1.29, 1.82) is 0 Å². The molecule has 0 spiro atoms. The zero-order valence-corrected chi connectivity index (χ0v) is 43.3. The molecule has 8 rings (SSSR count). The Kier molecular flexibility index (Phi) is 21.4. The van der Waals surface area contributed by atoms with E-state index >= 15 is 0 Å². The Bertz CT molecular complexity index is 3380. The highest BCUT2D eigenvalue weighted by molar-refractivity contribution is 8.13. The average Bonchev–Trinajstić information content (AvgIpc) is 3.27. The number of likely N-dealkylation sites (tertiary alicyclic amines) is 1. The number of sulfone groups is 2. The smallest absolute Gasteiger partial charge is 0.335 e. The number of carboxylic acids is 2. The highest BCUT2D eigenvalue weighted by atomic mass is 35.7. The maximum atomic E-state index is 13.8. The SMILES string of the molecule is C1CNC1.Nc1ccccc1F.O=C(O)c1cc(Cl)c(O)c(S(=O)(=O)Cc2ccccc2F)c1.O=C(O)c1cc(Cl)c(O)c(S(=O)(=O)Cl)c1.O=C(c1cc(Cl)c(O)c(S(=O)(=O)Cc2ccccc2F)c1)N1CCC1. The Balaban J connectivity index is 0.000000220. The highest BCUT2D eigenvalue weighted by Crippen LogP contribution is 2.37. The number of nitrogen functional groups attached to an aromatic ring is 1. The van der Waals surface area contributed by atoms with Gasteiger partial charge in [0.2, 0.25) is 0 Å². The Hall–Kier alpha value is -6.31. The van der Waals surface area contributed by atoms with Crippen LogP contribution < -0.4 is 11.1 Å². The lowest BCUT2D eigenvalue weighted by molar-refractivity contribution is 0.0649. The molecule has 2 fully saturated rings. The molecule has 0 aliphatic carbocycles. The number of para-hydroxylation sites is 1. The maximum Gasteiger partial charge on any atom is 0.335 e. The molecule has 0 aromatic heterocycles. The van der Waals surface area contributed by atoms with Gasteiger partial charge in [-0.05, 0) is 86.6 Å². The van der Waals surface area contributed by atoms with Gasteiger partial charge in [0.1, 0.15) is 32.1 Å².